The minimum absolute atomic E-state index is 0.0942. The number of ether oxygens (including phenoxy) is 1. The van der Waals surface area contributed by atoms with Gasteiger partial charge in [0.25, 0.3) is 0 Å². The SMILES string of the molecule is N#Cc1ccc(C(F)(F)F)c(N2CCN3CCOC[C@@H]3C2)c1. The Kier molecular flexibility index (Phi) is 3.98. The van der Waals surface area contributed by atoms with E-state index in [0.717, 1.165) is 12.6 Å². The molecule has 0 bridgehead atoms. The van der Waals surface area contributed by atoms with E-state index in [9.17, 15) is 13.2 Å². The van der Waals surface area contributed by atoms with E-state index >= 15 is 0 Å². The Bertz CT molecular complexity index is 597. The molecule has 2 aliphatic rings. The van der Waals surface area contributed by atoms with Gasteiger partial charge in [-0.05, 0) is 18.2 Å². The van der Waals surface area contributed by atoms with Gasteiger partial charge in [0, 0.05) is 26.2 Å². The van der Waals surface area contributed by atoms with Crippen LogP contribution in [0, 0.1) is 11.3 Å². The molecule has 0 unspecified atom stereocenters. The Morgan fingerprint density at radius 2 is 2.05 bits per heavy atom. The lowest BCUT2D eigenvalue weighted by Crippen LogP contribution is -2.58. The minimum atomic E-state index is -4.43. The lowest BCUT2D eigenvalue weighted by atomic mass is 10.0. The standard InChI is InChI=1S/C15H16F3N3O/c16-15(17,18)13-2-1-11(8-19)7-14(13)21-4-3-20-5-6-22-10-12(20)9-21/h1-2,7,12H,3-6,9-10H2/t12-/m0/s1. The van der Waals surface area contributed by atoms with E-state index in [2.05, 4.69) is 4.90 Å². The number of hydrogen-bond acceptors (Lipinski definition) is 4. The van der Waals surface area contributed by atoms with Crippen molar-refractivity contribution >= 4 is 5.69 Å². The van der Waals surface area contributed by atoms with Crippen LogP contribution >= 0.6 is 0 Å². The van der Waals surface area contributed by atoms with Crippen molar-refractivity contribution in [3.63, 3.8) is 0 Å². The molecule has 2 heterocycles. The van der Waals surface area contributed by atoms with Crippen molar-refractivity contribution in [1.29, 1.82) is 5.26 Å². The molecule has 2 aliphatic heterocycles. The highest BCUT2D eigenvalue weighted by Crippen LogP contribution is 2.38. The first-order chi connectivity index (χ1) is 10.5. The van der Waals surface area contributed by atoms with Gasteiger partial charge in [-0.2, -0.15) is 18.4 Å². The van der Waals surface area contributed by atoms with Gasteiger partial charge in [0.2, 0.25) is 0 Å². The van der Waals surface area contributed by atoms with Crippen LogP contribution in [0.3, 0.4) is 0 Å². The lowest BCUT2D eigenvalue weighted by Gasteiger charge is -2.45. The van der Waals surface area contributed by atoms with E-state index in [1.54, 1.807) is 4.90 Å². The Balaban J connectivity index is 1.91. The summed E-state index contributed by atoms with van der Waals surface area (Å²) in [6.07, 6.45) is -4.43. The summed E-state index contributed by atoms with van der Waals surface area (Å²) in [5.74, 6) is 0. The Labute approximate surface area is 126 Å². The Morgan fingerprint density at radius 1 is 1.23 bits per heavy atom. The summed E-state index contributed by atoms with van der Waals surface area (Å²) in [6.45, 7) is 3.75. The van der Waals surface area contributed by atoms with Gasteiger partial charge in [-0.3, -0.25) is 4.90 Å². The second-order valence-corrected chi connectivity index (χ2v) is 5.55. The molecule has 0 radical (unpaired) electrons. The molecule has 2 saturated heterocycles. The van der Waals surface area contributed by atoms with Crippen molar-refractivity contribution in [2.75, 3.05) is 44.3 Å². The summed E-state index contributed by atoms with van der Waals surface area (Å²) in [5, 5.41) is 8.96. The zero-order valence-corrected chi connectivity index (χ0v) is 11.9. The molecule has 118 valence electrons. The number of nitrogens with zero attached hydrogens (tertiary/aromatic N) is 3. The predicted octanol–water partition coefficient (Wildman–Crippen LogP) is 2.10. The zero-order chi connectivity index (χ0) is 15.7. The summed E-state index contributed by atoms with van der Waals surface area (Å²) in [5.41, 5.74) is -0.348. The third-order valence-electron chi connectivity index (χ3n) is 4.21. The molecule has 0 spiro atoms. The van der Waals surface area contributed by atoms with Crippen molar-refractivity contribution in [2.24, 2.45) is 0 Å². The zero-order valence-electron chi connectivity index (χ0n) is 11.9. The van der Waals surface area contributed by atoms with E-state index in [1.165, 1.54) is 12.1 Å². The molecule has 0 aliphatic carbocycles. The minimum Gasteiger partial charge on any atom is -0.378 e. The summed E-state index contributed by atoms with van der Waals surface area (Å²) in [7, 11) is 0. The first kappa shape index (κ1) is 15.1. The fourth-order valence-corrected chi connectivity index (χ4v) is 3.07. The van der Waals surface area contributed by atoms with Crippen LogP contribution in [0.1, 0.15) is 11.1 Å². The maximum absolute atomic E-state index is 13.2. The number of fused-ring (bicyclic) bond motifs is 1. The molecule has 0 aromatic heterocycles. The number of rotatable bonds is 1. The van der Waals surface area contributed by atoms with Crippen molar-refractivity contribution in [2.45, 2.75) is 12.2 Å². The molecule has 2 fully saturated rings. The van der Waals surface area contributed by atoms with Crippen LogP contribution in [0.2, 0.25) is 0 Å². The normalized spacial score (nSPS) is 23.0. The second kappa shape index (κ2) is 5.78. The van der Waals surface area contributed by atoms with Crippen LogP contribution in [-0.4, -0.2) is 50.3 Å². The third-order valence-corrected chi connectivity index (χ3v) is 4.21. The monoisotopic (exact) mass is 311 g/mol. The number of hydrogen-bond donors (Lipinski definition) is 0. The molecule has 7 heteroatoms. The van der Waals surface area contributed by atoms with Gasteiger partial charge in [-0.1, -0.05) is 0 Å². The smallest absolute Gasteiger partial charge is 0.378 e. The summed E-state index contributed by atoms with van der Waals surface area (Å²) < 4.78 is 45.1. The van der Waals surface area contributed by atoms with E-state index in [1.807, 2.05) is 6.07 Å². The fraction of sp³-hybridized carbons (Fsp3) is 0.533. The number of morpholine rings is 1. The van der Waals surface area contributed by atoms with Crippen molar-refractivity contribution in [1.82, 2.24) is 4.90 Å². The van der Waals surface area contributed by atoms with Gasteiger partial charge in [0.15, 0.2) is 0 Å². The quantitative estimate of drug-likeness (QED) is 0.796. The molecule has 0 N–H and O–H groups in total. The lowest BCUT2D eigenvalue weighted by molar-refractivity contribution is -0.137. The maximum Gasteiger partial charge on any atom is 0.418 e. The molecule has 4 nitrogen and oxygen atoms in total. The number of nitriles is 1. The highest BCUT2D eigenvalue weighted by Gasteiger charge is 2.37. The highest BCUT2D eigenvalue weighted by molar-refractivity contribution is 5.59. The van der Waals surface area contributed by atoms with Gasteiger partial charge in [-0.25, -0.2) is 0 Å². The van der Waals surface area contributed by atoms with E-state index in [4.69, 9.17) is 10.00 Å². The third kappa shape index (κ3) is 2.89. The van der Waals surface area contributed by atoms with Gasteiger partial charge < -0.3 is 9.64 Å². The van der Waals surface area contributed by atoms with E-state index < -0.39 is 11.7 Å². The summed E-state index contributed by atoms with van der Waals surface area (Å²) in [6, 6.07) is 5.57. The number of alkyl halides is 3. The molecule has 3 rings (SSSR count). The number of halogens is 3. The van der Waals surface area contributed by atoms with Gasteiger partial charge in [-0.15, -0.1) is 0 Å². The number of piperazine rings is 1. The van der Waals surface area contributed by atoms with E-state index in [0.29, 0.717) is 32.8 Å². The van der Waals surface area contributed by atoms with Crippen molar-refractivity contribution < 1.29 is 17.9 Å². The summed E-state index contributed by atoms with van der Waals surface area (Å²) in [4.78, 5) is 3.97. The van der Waals surface area contributed by atoms with E-state index in [-0.39, 0.29) is 17.3 Å². The van der Waals surface area contributed by atoms with Crippen LogP contribution in [0.25, 0.3) is 0 Å². The average molecular weight is 311 g/mol. The van der Waals surface area contributed by atoms with Crippen LogP contribution in [0.5, 0.6) is 0 Å². The fourth-order valence-electron chi connectivity index (χ4n) is 3.07. The van der Waals surface area contributed by atoms with Gasteiger partial charge in [0.1, 0.15) is 0 Å². The van der Waals surface area contributed by atoms with Crippen molar-refractivity contribution in [3.05, 3.63) is 29.3 Å². The predicted molar refractivity (Wildman–Crippen MR) is 74.6 cm³/mol. The molecule has 22 heavy (non-hydrogen) atoms. The summed E-state index contributed by atoms with van der Waals surface area (Å²) >= 11 is 0. The topological polar surface area (TPSA) is 39.5 Å². The molecule has 1 aromatic carbocycles. The highest BCUT2D eigenvalue weighted by atomic mass is 19.4. The van der Waals surface area contributed by atoms with Crippen molar-refractivity contribution in [3.8, 4) is 6.07 Å². The molecule has 0 amide bonds. The molecule has 1 atom stereocenters. The van der Waals surface area contributed by atoms with Crippen LogP contribution in [0.15, 0.2) is 18.2 Å². The van der Waals surface area contributed by atoms with Gasteiger partial charge >= 0.3 is 6.18 Å². The number of benzene rings is 1. The largest absolute Gasteiger partial charge is 0.418 e. The van der Waals surface area contributed by atoms with Crippen LogP contribution in [-0.2, 0) is 10.9 Å². The number of anilines is 1. The first-order valence-corrected chi connectivity index (χ1v) is 7.17. The first-order valence-electron chi connectivity index (χ1n) is 7.17. The Morgan fingerprint density at radius 3 is 2.77 bits per heavy atom. The second-order valence-electron chi connectivity index (χ2n) is 5.55. The van der Waals surface area contributed by atoms with Crippen LogP contribution < -0.4 is 4.90 Å². The molecular weight excluding hydrogens is 295 g/mol. The average Bonchev–Trinajstić information content (AvgIpc) is 2.53. The molecule has 1 aromatic rings. The van der Waals surface area contributed by atoms with Gasteiger partial charge in [0.05, 0.1) is 42.1 Å². The maximum atomic E-state index is 13.2. The molecule has 0 saturated carbocycles. The van der Waals surface area contributed by atoms with Crippen LogP contribution in [0.4, 0.5) is 18.9 Å². The molecular formula is C15H16F3N3O. The Hall–Kier alpha value is -1.78.